The summed E-state index contributed by atoms with van der Waals surface area (Å²) in [5.41, 5.74) is -1.26. The van der Waals surface area contributed by atoms with Crippen LogP contribution in [0.4, 0.5) is 0 Å². The maximum atomic E-state index is 11.2. The number of methoxy groups -OCH3 is 2. The summed E-state index contributed by atoms with van der Waals surface area (Å²) in [6.07, 6.45) is -0.434. The summed E-state index contributed by atoms with van der Waals surface area (Å²) in [4.78, 5) is 22.5. The van der Waals surface area contributed by atoms with Crippen molar-refractivity contribution in [1.29, 1.82) is 0 Å². The highest BCUT2D eigenvalue weighted by Gasteiger charge is 2.57. The smallest absolute Gasteiger partial charge is 0.323 e. The van der Waals surface area contributed by atoms with Crippen molar-refractivity contribution in [3.05, 3.63) is 0 Å². The molecule has 5 nitrogen and oxygen atoms in total. The summed E-state index contributed by atoms with van der Waals surface area (Å²) >= 11 is 0. The fourth-order valence-electron chi connectivity index (χ4n) is 1.55. The van der Waals surface area contributed by atoms with Gasteiger partial charge in [0, 0.05) is 12.8 Å². The van der Waals surface area contributed by atoms with Crippen LogP contribution in [-0.2, 0) is 19.1 Å². The SMILES string of the molecule is COC(=O)C1(C(=O)OC)CC(O)C1. The molecule has 0 atom stereocenters. The maximum Gasteiger partial charge on any atom is 0.323 e. The molecule has 1 aliphatic carbocycles. The molecule has 13 heavy (non-hydrogen) atoms. The lowest BCUT2D eigenvalue weighted by Crippen LogP contribution is -2.53. The Balaban J connectivity index is 2.78. The quantitative estimate of drug-likeness (QED) is 0.466. The van der Waals surface area contributed by atoms with Crippen molar-refractivity contribution in [1.82, 2.24) is 0 Å². The molecule has 0 saturated heterocycles. The highest BCUT2D eigenvalue weighted by Crippen LogP contribution is 2.43. The van der Waals surface area contributed by atoms with Crippen LogP contribution < -0.4 is 0 Å². The van der Waals surface area contributed by atoms with Crippen LogP contribution in [0.2, 0.25) is 0 Å². The molecule has 1 fully saturated rings. The van der Waals surface area contributed by atoms with Gasteiger partial charge in [-0.3, -0.25) is 9.59 Å². The minimum absolute atomic E-state index is 0.0896. The van der Waals surface area contributed by atoms with Crippen LogP contribution in [-0.4, -0.2) is 37.4 Å². The second kappa shape index (κ2) is 3.33. The Morgan fingerprint density at radius 2 is 1.62 bits per heavy atom. The largest absolute Gasteiger partial charge is 0.468 e. The van der Waals surface area contributed by atoms with Crippen molar-refractivity contribution >= 4 is 11.9 Å². The molecule has 0 spiro atoms. The van der Waals surface area contributed by atoms with Crippen molar-refractivity contribution < 1.29 is 24.2 Å². The van der Waals surface area contributed by atoms with Crippen molar-refractivity contribution in [3.63, 3.8) is 0 Å². The Bertz CT molecular complexity index is 211. The van der Waals surface area contributed by atoms with E-state index in [-0.39, 0.29) is 12.8 Å². The fraction of sp³-hybridized carbons (Fsp3) is 0.750. The lowest BCUT2D eigenvalue weighted by molar-refractivity contribution is -0.184. The van der Waals surface area contributed by atoms with Gasteiger partial charge in [-0.1, -0.05) is 0 Å². The molecule has 0 aromatic heterocycles. The molecular formula is C8H12O5. The monoisotopic (exact) mass is 188 g/mol. The van der Waals surface area contributed by atoms with Gasteiger partial charge in [0.2, 0.25) is 0 Å². The van der Waals surface area contributed by atoms with Gasteiger partial charge in [-0.25, -0.2) is 0 Å². The van der Waals surface area contributed by atoms with E-state index in [2.05, 4.69) is 9.47 Å². The number of rotatable bonds is 2. The highest BCUT2D eigenvalue weighted by molar-refractivity contribution is 6.01. The van der Waals surface area contributed by atoms with Crippen LogP contribution in [0.1, 0.15) is 12.8 Å². The van der Waals surface area contributed by atoms with Gasteiger partial charge < -0.3 is 14.6 Å². The average Bonchev–Trinajstić information content (AvgIpc) is 2.09. The Labute approximate surface area is 75.6 Å². The first-order valence-corrected chi connectivity index (χ1v) is 3.91. The molecule has 0 bridgehead atoms. The number of hydrogen-bond acceptors (Lipinski definition) is 5. The number of esters is 2. The van der Waals surface area contributed by atoms with Crippen LogP contribution in [0.15, 0.2) is 0 Å². The average molecular weight is 188 g/mol. The van der Waals surface area contributed by atoms with Crippen LogP contribution in [0, 0.1) is 5.41 Å². The molecule has 74 valence electrons. The molecule has 0 aromatic carbocycles. The highest BCUT2D eigenvalue weighted by atomic mass is 16.5. The predicted octanol–water partition coefficient (Wildman–Crippen LogP) is -0.527. The molecule has 5 heteroatoms. The number of aliphatic hydroxyl groups is 1. The first kappa shape index (κ1) is 9.98. The van der Waals surface area contributed by atoms with E-state index in [4.69, 9.17) is 5.11 Å². The molecule has 1 aliphatic rings. The number of ether oxygens (including phenoxy) is 2. The van der Waals surface area contributed by atoms with Crippen LogP contribution in [0.3, 0.4) is 0 Å². The second-order valence-corrected chi connectivity index (χ2v) is 3.13. The summed E-state index contributed by atoms with van der Waals surface area (Å²) in [7, 11) is 2.41. The number of carbonyl (C=O) groups is 2. The normalized spacial score (nSPS) is 20.2. The zero-order valence-electron chi connectivity index (χ0n) is 7.57. The lowest BCUT2D eigenvalue weighted by atomic mass is 9.67. The fourth-order valence-corrected chi connectivity index (χ4v) is 1.55. The third kappa shape index (κ3) is 1.39. The summed E-state index contributed by atoms with van der Waals surface area (Å²) < 4.78 is 8.96. The van der Waals surface area contributed by atoms with E-state index in [9.17, 15) is 9.59 Å². The van der Waals surface area contributed by atoms with E-state index in [0.717, 1.165) is 0 Å². The molecule has 0 radical (unpaired) electrons. The Morgan fingerprint density at radius 1 is 1.23 bits per heavy atom. The van der Waals surface area contributed by atoms with E-state index in [1.54, 1.807) is 0 Å². The van der Waals surface area contributed by atoms with Gasteiger partial charge in [0.25, 0.3) is 0 Å². The van der Waals surface area contributed by atoms with Gasteiger partial charge in [0.05, 0.1) is 20.3 Å². The Morgan fingerprint density at radius 3 is 1.85 bits per heavy atom. The molecule has 0 aromatic rings. The third-order valence-electron chi connectivity index (χ3n) is 2.32. The van der Waals surface area contributed by atoms with Crippen molar-refractivity contribution in [2.45, 2.75) is 18.9 Å². The second-order valence-electron chi connectivity index (χ2n) is 3.13. The number of carbonyl (C=O) groups excluding carboxylic acids is 2. The molecule has 1 saturated carbocycles. The summed E-state index contributed by atoms with van der Waals surface area (Å²) in [5, 5.41) is 9.06. The van der Waals surface area contributed by atoms with Crippen LogP contribution >= 0.6 is 0 Å². The van der Waals surface area contributed by atoms with E-state index < -0.39 is 23.5 Å². The van der Waals surface area contributed by atoms with E-state index in [0.29, 0.717) is 0 Å². The van der Waals surface area contributed by atoms with E-state index in [1.165, 1.54) is 14.2 Å². The minimum atomic E-state index is -1.26. The maximum absolute atomic E-state index is 11.2. The van der Waals surface area contributed by atoms with Gasteiger partial charge in [0.15, 0.2) is 5.41 Å². The van der Waals surface area contributed by atoms with E-state index in [1.807, 2.05) is 0 Å². The number of hydrogen-bond donors (Lipinski definition) is 1. The molecule has 0 aliphatic heterocycles. The van der Waals surface area contributed by atoms with Gasteiger partial charge in [-0.15, -0.1) is 0 Å². The minimum Gasteiger partial charge on any atom is -0.468 e. The molecular weight excluding hydrogens is 176 g/mol. The molecule has 1 rings (SSSR count). The van der Waals surface area contributed by atoms with Crippen molar-refractivity contribution in [3.8, 4) is 0 Å². The summed E-state index contributed by atoms with van der Waals surface area (Å²) in [5.74, 6) is -1.27. The van der Waals surface area contributed by atoms with Gasteiger partial charge in [-0.05, 0) is 0 Å². The number of aliphatic hydroxyl groups excluding tert-OH is 1. The van der Waals surface area contributed by atoms with E-state index >= 15 is 0 Å². The van der Waals surface area contributed by atoms with Gasteiger partial charge in [-0.2, -0.15) is 0 Å². The first-order valence-electron chi connectivity index (χ1n) is 3.91. The van der Waals surface area contributed by atoms with Crippen molar-refractivity contribution in [2.24, 2.45) is 5.41 Å². The summed E-state index contributed by atoms with van der Waals surface area (Å²) in [6, 6.07) is 0. The summed E-state index contributed by atoms with van der Waals surface area (Å²) in [6.45, 7) is 0. The van der Waals surface area contributed by atoms with Crippen LogP contribution in [0.25, 0.3) is 0 Å². The van der Waals surface area contributed by atoms with Crippen molar-refractivity contribution in [2.75, 3.05) is 14.2 Å². The Hall–Kier alpha value is -1.10. The Kier molecular flexibility index (Phi) is 2.56. The topological polar surface area (TPSA) is 72.8 Å². The van der Waals surface area contributed by atoms with Gasteiger partial charge in [0.1, 0.15) is 0 Å². The molecule has 1 N–H and O–H groups in total. The van der Waals surface area contributed by atoms with Gasteiger partial charge >= 0.3 is 11.9 Å². The molecule has 0 heterocycles. The standard InChI is InChI=1S/C8H12O5/c1-12-6(10)8(7(11)13-2)3-5(9)4-8/h5,9H,3-4H2,1-2H3. The molecule has 0 amide bonds. The molecule has 0 unspecified atom stereocenters. The predicted molar refractivity (Wildman–Crippen MR) is 41.7 cm³/mol. The lowest BCUT2D eigenvalue weighted by Gasteiger charge is -2.39. The first-order chi connectivity index (χ1) is 6.06. The third-order valence-corrected chi connectivity index (χ3v) is 2.32. The zero-order chi connectivity index (χ0) is 10.1. The zero-order valence-corrected chi connectivity index (χ0v) is 7.57. The van der Waals surface area contributed by atoms with Crippen LogP contribution in [0.5, 0.6) is 0 Å².